The molecular weight excluding hydrogens is 300 g/mol. The molecule has 1 amide bonds. The summed E-state index contributed by atoms with van der Waals surface area (Å²) < 4.78 is 0. The fourth-order valence-electron chi connectivity index (χ4n) is 3.00. The van der Waals surface area contributed by atoms with Crippen LogP contribution in [0.25, 0.3) is 11.4 Å². The lowest BCUT2D eigenvalue weighted by Gasteiger charge is -2.06. The Labute approximate surface area is 140 Å². The molecule has 120 valence electrons. The van der Waals surface area contributed by atoms with Crippen molar-refractivity contribution in [2.24, 2.45) is 5.92 Å². The number of rotatable bonds is 4. The van der Waals surface area contributed by atoms with Crippen molar-refractivity contribution in [3.05, 3.63) is 66.0 Å². The van der Waals surface area contributed by atoms with Gasteiger partial charge in [0.15, 0.2) is 5.82 Å². The molecule has 1 aliphatic rings. The van der Waals surface area contributed by atoms with Crippen LogP contribution < -0.4 is 5.32 Å². The van der Waals surface area contributed by atoms with E-state index >= 15 is 0 Å². The molecule has 0 radical (unpaired) electrons. The molecule has 1 aromatic heterocycles. The largest absolute Gasteiger partial charge is 0.326 e. The van der Waals surface area contributed by atoms with Crippen molar-refractivity contribution < 1.29 is 4.79 Å². The number of carbonyl (C=O) groups is 1. The third-order valence-corrected chi connectivity index (χ3v) is 4.34. The minimum Gasteiger partial charge on any atom is -0.326 e. The first-order valence-electron chi connectivity index (χ1n) is 8.06. The molecule has 1 fully saturated rings. The standard InChI is InChI=1S/C19H18N4O/c1-12-20-18(23-22-12)14-8-5-9-15(10-14)21-19(24)17-11-16(17)13-6-3-2-4-7-13/h2-10,16-17H,11H2,1H3,(H,21,24)(H,20,22,23)/t16-,17+/m0/s1. The summed E-state index contributed by atoms with van der Waals surface area (Å²) in [6.45, 7) is 1.86. The minimum atomic E-state index is 0.0572. The highest BCUT2D eigenvalue weighted by atomic mass is 16.2. The van der Waals surface area contributed by atoms with Crippen molar-refractivity contribution in [3.63, 3.8) is 0 Å². The molecule has 1 saturated carbocycles. The second-order valence-electron chi connectivity index (χ2n) is 6.17. The van der Waals surface area contributed by atoms with E-state index in [0.29, 0.717) is 11.7 Å². The van der Waals surface area contributed by atoms with Crippen molar-refractivity contribution in [1.29, 1.82) is 0 Å². The van der Waals surface area contributed by atoms with Crippen LogP contribution in [0.3, 0.4) is 0 Å². The second kappa shape index (κ2) is 5.92. The molecule has 5 nitrogen and oxygen atoms in total. The Kier molecular flexibility index (Phi) is 3.61. The van der Waals surface area contributed by atoms with Crippen LogP contribution >= 0.6 is 0 Å². The van der Waals surface area contributed by atoms with E-state index < -0.39 is 0 Å². The number of aromatic nitrogens is 3. The average Bonchev–Trinajstić information content (AvgIpc) is 3.30. The Balaban J connectivity index is 1.45. The number of carbonyl (C=O) groups excluding carboxylic acids is 1. The van der Waals surface area contributed by atoms with Gasteiger partial charge in [-0.15, -0.1) is 0 Å². The summed E-state index contributed by atoms with van der Waals surface area (Å²) in [5, 5.41) is 10.0. The van der Waals surface area contributed by atoms with Gasteiger partial charge in [0.1, 0.15) is 5.82 Å². The molecule has 4 rings (SSSR count). The van der Waals surface area contributed by atoms with Gasteiger partial charge in [-0.05, 0) is 37.0 Å². The third-order valence-electron chi connectivity index (χ3n) is 4.34. The summed E-state index contributed by atoms with van der Waals surface area (Å²) in [5.74, 6) is 1.87. The Morgan fingerprint density at radius 3 is 2.75 bits per heavy atom. The highest BCUT2D eigenvalue weighted by Gasteiger charge is 2.43. The van der Waals surface area contributed by atoms with Crippen molar-refractivity contribution in [2.45, 2.75) is 19.3 Å². The molecule has 0 saturated heterocycles. The van der Waals surface area contributed by atoms with Gasteiger partial charge in [0, 0.05) is 17.2 Å². The lowest BCUT2D eigenvalue weighted by Crippen LogP contribution is -2.14. The van der Waals surface area contributed by atoms with E-state index in [1.54, 1.807) is 0 Å². The number of aromatic amines is 1. The quantitative estimate of drug-likeness (QED) is 0.773. The Bertz CT molecular complexity index is 872. The van der Waals surface area contributed by atoms with Crippen molar-refractivity contribution >= 4 is 11.6 Å². The molecule has 24 heavy (non-hydrogen) atoms. The number of anilines is 1. The highest BCUT2D eigenvalue weighted by Crippen LogP contribution is 2.47. The monoisotopic (exact) mass is 318 g/mol. The molecule has 2 atom stereocenters. The number of benzene rings is 2. The van der Waals surface area contributed by atoms with Crippen LogP contribution in [0, 0.1) is 12.8 Å². The molecule has 0 unspecified atom stereocenters. The van der Waals surface area contributed by atoms with E-state index in [2.05, 4.69) is 32.6 Å². The summed E-state index contributed by atoms with van der Waals surface area (Å²) in [5.41, 5.74) is 2.90. The van der Waals surface area contributed by atoms with Crippen LogP contribution in [0.15, 0.2) is 54.6 Å². The van der Waals surface area contributed by atoms with Crippen LogP contribution in [0.2, 0.25) is 0 Å². The van der Waals surface area contributed by atoms with Gasteiger partial charge >= 0.3 is 0 Å². The zero-order chi connectivity index (χ0) is 16.5. The van der Waals surface area contributed by atoms with Gasteiger partial charge in [0.2, 0.25) is 5.91 Å². The second-order valence-corrected chi connectivity index (χ2v) is 6.17. The lowest BCUT2D eigenvalue weighted by molar-refractivity contribution is -0.117. The van der Waals surface area contributed by atoms with E-state index in [4.69, 9.17) is 0 Å². The maximum absolute atomic E-state index is 12.5. The number of aryl methyl sites for hydroxylation is 1. The maximum Gasteiger partial charge on any atom is 0.228 e. The number of H-pyrrole nitrogens is 1. The van der Waals surface area contributed by atoms with E-state index in [1.165, 1.54) is 5.56 Å². The molecule has 1 heterocycles. The summed E-state index contributed by atoms with van der Waals surface area (Å²) in [6.07, 6.45) is 0.912. The highest BCUT2D eigenvalue weighted by molar-refractivity contribution is 5.95. The fourth-order valence-corrected chi connectivity index (χ4v) is 3.00. The molecule has 2 N–H and O–H groups in total. The molecule has 0 bridgehead atoms. The first kappa shape index (κ1) is 14.6. The minimum absolute atomic E-state index is 0.0572. The number of hydrogen-bond donors (Lipinski definition) is 2. The predicted molar refractivity (Wildman–Crippen MR) is 92.5 cm³/mol. The van der Waals surface area contributed by atoms with Crippen LogP contribution in [0.5, 0.6) is 0 Å². The molecular formula is C19H18N4O. The first-order valence-corrected chi connectivity index (χ1v) is 8.06. The zero-order valence-corrected chi connectivity index (χ0v) is 13.4. The van der Waals surface area contributed by atoms with E-state index in [0.717, 1.165) is 23.5 Å². The smallest absolute Gasteiger partial charge is 0.228 e. The van der Waals surface area contributed by atoms with Crippen LogP contribution in [-0.2, 0) is 4.79 Å². The molecule has 0 spiro atoms. The lowest BCUT2D eigenvalue weighted by atomic mass is 10.1. The van der Waals surface area contributed by atoms with Gasteiger partial charge in [0.25, 0.3) is 0 Å². The molecule has 0 aliphatic heterocycles. The number of nitrogens with one attached hydrogen (secondary N) is 2. The predicted octanol–water partition coefficient (Wildman–Crippen LogP) is 3.52. The topological polar surface area (TPSA) is 70.7 Å². The fraction of sp³-hybridized carbons (Fsp3) is 0.211. The van der Waals surface area contributed by atoms with Crippen LogP contribution in [0.4, 0.5) is 5.69 Å². The summed E-state index contributed by atoms with van der Waals surface area (Å²) in [6, 6.07) is 17.8. The van der Waals surface area contributed by atoms with Crippen molar-refractivity contribution in [3.8, 4) is 11.4 Å². The van der Waals surface area contributed by atoms with E-state index in [-0.39, 0.29) is 11.8 Å². The summed E-state index contributed by atoms with van der Waals surface area (Å²) >= 11 is 0. The number of nitrogens with zero attached hydrogens (tertiary/aromatic N) is 2. The zero-order valence-electron chi connectivity index (χ0n) is 13.4. The number of hydrogen-bond acceptors (Lipinski definition) is 3. The van der Waals surface area contributed by atoms with Gasteiger partial charge < -0.3 is 5.32 Å². The van der Waals surface area contributed by atoms with Crippen molar-refractivity contribution in [1.82, 2.24) is 15.2 Å². The number of amides is 1. The van der Waals surface area contributed by atoms with Gasteiger partial charge in [-0.2, -0.15) is 5.10 Å². The molecule has 3 aromatic rings. The molecule has 5 heteroatoms. The van der Waals surface area contributed by atoms with Crippen molar-refractivity contribution in [2.75, 3.05) is 5.32 Å². The Morgan fingerprint density at radius 2 is 2.00 bits per heavy atom. The van der Waals surface area contributed by atoms with Gasteiger partial charge in [-0.3, -0.25) is 9.89 Å². The normalized spacial score (nSPS) is 19.0. The first-order chi connectivity index (χ1) is 11.7. The van der Waals surface area contributed by atoms with E-state index in [9.17, 15) is 4.79 Å². The van der Waals surface area contributed by atoms with E-state index in [1.807, 2.05) is 49.4 Å². The average molecular weight is 318 g/mol. The Hall–Kier alpha value is -2.95. The third kappa shape index (κ3) is 2.93. The van der Waals surface area contributed by atoms with Gasteiger partial charge in [-0.1, -0.05) is 42.5 Å². The SMILES string of the molecule is Cc1nc(-c2cccc(NC(=O)[C@@H]3C[C@H]3c3ccccc3)c2)n[nH]1. The molecule has 1 aliphatic carbocycles. The van der Waals surface area contributed by atoms with Crippen LogP contribution in [0.1, 0.15) is 23.7 Å². The summed E-state index contributed by atoms with van der Waals surface area (Å²) in [4.78, 5) is 16.8. The van der Waals surface area contributed by atoms with Gasteiger partial charge in [-0.25, -0.2) is 4.98 Å². The summed E-state index contributed by atoms with van der Waals surface area (Å²) in [7, 11) is 0. The molecule has 2 aromatic carbocycles. The van der Waals surface area contributed by atoms with Gasteiger partial charge in [0.05, 0.1) is 0 Å². The maximum atomic E-state index is 12.5. The van der Waals surface area contributed by atoms with Crippen LogP contribution in [-0.4, -0.2) is 21.1 Å². The Morgan fingerprint density at radius 1 is 1.17 bits per heavy atom.